The van der Waals surface area contributed by atoms with Crippen LogP contribution in [0, 0.1) is 11.2 Å². The first kappa shape index (κ1) is 13.4. The van der Waals surface area contributed by atoms with Crippen molar-refractivity contribution < 1.29 is 13.9 Å². The Morgan fingerprint density at radius 1 is 1.45 bits per heavy atom. The minimum absolute atomic E-state index is 0.0537. The van der Waals surface area contributed by atoms with Gasteiger partial charge in [-0.1, -0.05) is 6.07 Å². The maximum atomic E-state index is 14.0. The minimum Gasteiger partial charge on any atom is -0.496 e. The van der Waals surface area contributed by atoms with Gasteiger partial charge < -0.3 is 15.0 Å². The molecule has 2 aliphatic rings. The van der Waals surface area contributed by atoms with E-state index in [4.69, 9.17) is 4.74 Å². The molecule has 0 aromatic heterocycles. The molecule has 20 heavy (non-hydrogen) atoms. The zero-order valence-electron chi connectivity index (χ0n) is 11.6. The lowest BCUT2D eigenvalue weighted by Crippen LogP contribution is -2.33. The van der Waals surface area contributed by atoms with Gasteiger partial charge in [0.1, 0.15) is 17.1 Å². The monoisotopic (exact) mass is 278 g/mol. The summed E-state index contributed by atoms with van der Waals surface area (Å²) in [6.07, 6.45) is 2.08. The number of hydrogen-bond donors (Lipinski definition) is 1. The normalized spacial score (nSPS) is 25.4. The first-order chi connectivity index (χ1) is 9.65. The molecule has 1 atom stereocenters. The molecule has 0 bridgehead atoms. The summed E-state index contributed by atoms with van der Waals surface area (Å²) in [5.74, 6) is -0.468. The molecule has 1 aromatic rings. The number of nitrogens with one attached hydrogen (secondary N) is 1. The summed E-state index contributed by atoms with van der Waals surface area (Å²) in [4.78, 5) is 14.3. The highest BCUT2D eigenvalue weighted by atomic mass is 19.1. The molecule has 0 aliphatic carbocycles. The number of rotatable bonds is 2. The van der Waals surface area contributed by atoms with Crippen molar-refractivity contribution in [2.75, 3.05) is 33.3 Å². The van der Waals surface area contributed by atoms with Gasteiger partial charge >= 0.3 is 0 Å². The number of methoxy groups -OCH3 is 1. The number of nitrogens with zero attached hydrogens (tertiary/aromatic N) is 1. The molecule has 1 amide bonds. The van der Waals surface area contributed by atoms with E-state index in [0.29, 0.717) is 18.8 Å². The Bertz CT molecular complexity index is 527. The van der Waals surface area contributed by atoms with Crippen LogP contribution >= 0.6 is 0 Å². The number of halogens is 1. The fraction of sp³-hybridized carbons (Fsp3) is 0.533. The molecule has 0 saturated carbocycles. The van der Waals surface area contributed by atoms with E-state index in [9.17, 15) is 9.18 Å². The molecule has 2 aliphatic heterocycles. The van der Waals surface area contributed by atoms with Gasteiger partial charge in [0, 0.05) is 25.0 Å². The second-order valence-electron chi connectivity index (χ2n) is 5.72. The minimum atomic E-state index is -0.514. The highest BCUT2D eigenvalue weighted by Gasteiger charge is 2.42. The fourth-order valence-electron chi connectivity index (χ4n) is 3.29. The van der Waals surface area contributed by atoms with Gasteiger partial charge in [-0.15, -0.1) is 0 Å². The average molecular weight is 278 g/mol. The molecule has 2 saturated heterocycles. The molecular weight excluding hydrogens is 259 g/mol. The molecule has 3 rings (SSSR count). The molecule has 2 fully saturated rings. The number of benzene rings is 1. The number of ether oxygens (including phenoxy) is 1. The highest BCUT2D eigenvalue weighted by Crippen LogP contribution is 2.37. The summed E-state index contributed by atoms with van der Waals surface area (Å²) in [6, 6.07) is 4.48. The number of likely N-dealkylation sites (tertiary alicyclic amines) is 1. The molecule has 5 heteroatoms. The summed E-state index contributed by atoms with van der Waals surface area (Å²) < 4.78 is 19.1. The third kappa shape index (κ3) is 2.16. The predicted molar refractivity (Wildman–Crippen MR) is 73.4 cm³/mol. The lowest BCUT2D eigenvalue weighted by molar-refractivity contribution is 0.0767. The van der Waals surface area contributed by atoms with Gasteiger partial charge in [-0.25, -0.2) is 4.39 Å². The summed E-state index contributed by atoms with van der Waals surface area (Å²) >= 11 is 0. The zero-order chi connectivity index (χ0) is 14.2. The van der Waals surface area contributed by atoms with Gasteiger partial charge in [-0.3, -0.25) is 4.79 Å². The largest absolute Gasteiger partial charge is 0.496 e. The van der Waals surface area contributed by atoms with Crippen LogP contribution in [0.25, 0.3) is 0 Å². The van der Waals surface area contributed by atoms with Crippen molar-refractivity contribution in [2.45, 2.75) is 12.8 Å². The van der Waals surface area contributed by atoms with Gasteiger partial charge in [0.2, 0.25) is 0 Å². The number of amides is 1. The summed E-state index contributed by atoms with van der Waals surface area (Å²) in [6.45, 7) is 3.35. The van der Waals surface area contributed by atoms with Crippen LogP contribution in [0.15, 0.2) is 18.2 Å². The van der Waals surface area contributed by atoms with Crippen LogP contribution in [-0.2, 0) is 0 Å². The Morgan fingerprint density at radius 2 is 2.30 bits per heavy atom. The SMILES string of the molecule is COc1cccc(F)c1C(=O)N1CCC2(CCNC2)C1. The lowest BCUT2D eigenvalue weighted by atomic mass is 9.86. The highest BCUT2D eigenvalue weighted by molar-refractivity contribution is 5.97. The van der Waals surface area contributed by atoms with Gasteiger partial charge in [-0.2, -0.15) is 0 Å². The molecular formula is C15H19FN2O2. The first-order valence-electron chi connectivity index (χ1n) is 6.98. The van der Waals surface area contributed by atoms with E-state index in [1.165, 1.54) is 13.2 Å². The third-order valence-corrected chi connectivity index (χ3v) is 4.47. The quantitative estimate of drug-likeness (QED) is 0.894. The Morgan fingerprint density at radius 3 is 3.00 bits per heavy atom. The van der Waals surface area contributed by atoms with E-state index in [1.807, 2.05) is 0 Å². The molecule has 108 valence electrons. The van der Waals surface area contributed by atoms with Crippen LogP contribution in [0.4, 0.5) is 4.39 Å². The summed E-state index contributed by atoms with van der Waals surface area (Å²) in [5, 5.41) is 3.35. The molecule has 1 spiro atoms. The second kappa shape index (κ2) is 5.05. The standard InChI is InChI=1S/C15H19FN2O2/c1-20-12-4-2-3-11(16)13(12)14(19)18-8-6-15(10-18)5-7-17-9-15/h2-4,17H,5-10H2,1H3. The fourth-order valence-corrected chi connectivity index (χ4v) is 3.29. The average Bonchev–Trinajstić information content (AvgIpc) is 3.08. The van der Waals surface area contributed by atoms with Crippen molar-refractivity contribution >= 4 is 5.91 Å². The number of carbonyl (C=O) groups excluding carboxylic acids is 1. The number of carbonyl (C=O) groups is 1. The zero-order valence-corrected chi connectivity index (χ0v) is 11.6. The van der Waals surface area contributed by atoms with Crippen molar-refractivity contribution in [3.8, 4) is 5.75 Å². The Kier molecular flexibility index (Phi) is 3.38. The van der Waals surface area contributed by atoms with Crippen molar-refractivity contribution in [1.82, 2.24) is 10.2 Å². The van der Waals surface area contributed by atoms with Crippen molar-refractivity contribution in [1.29, 1.82) is 0 Å². The van der Waals surface area contributed by atoms with E-state index in [1.54, 1.807) is 17.0 Å². The predicted octanol–water partition coefficient (Wildman–Crippen LogP) is 1.66. The van der Waals surface area contributed by atoms with E-state index in [2.05, 4.69) is 5.32 Å². The molecule has 0 radical (unpaired) electrons. The second-order valence-corrected chi connectivity index (χ2v) is 5.72. The van der Waals surface area contributed by atoms with Gasteiger partial charge in [0.25, 0.3) is 5.91 Å². The van der Waals surface area contributed by atoms with Crippen molar-refractivity contribution in [2.24, 2.45) is 5.41 Å². The molecule has 4 nitrogen and oxygen atoms in total. The van der Waals surface area contributed by atoms with Gasteiger partial charge in [-0.05, 0) is 31.5 Å². The van der Waals surface area contributed by atoms with Crippen molar-refractivity contribution in [3.63, 3.8) is 0 Å². The van der Waals surface area contributed by atoms with Crippen LogP contribution in [0.5, 0.6) is 5.75 Å². The van der Waals surface area contributed by atoms with E-state index in [-0.39, 0.29) is 16.9 Å². The van der Waals surface area contributed by atoms with Gasteiger partial charge in [0.05, 0.1) is 7.11 Å². The van der Waals surface area contributed by atoms with Crippen LogP contribution in [0.3, 0.4) is 0 Å². The van der Waals surface area contributed by atoms with Gasteiger partial charge in [0.15, 0.2) is 0 Å². The summed E-state index contributed by atoms with van der Waals surface area (Å²) in [5.41, 5.74) is 0.242. The first-order valence-corrected chi connectivity index (χ1v) is 6.98. The molecule has 1 aromatic carbocycles. The van der Waals surface area contributed by atoms with E-state index < -0.39 is 5.82 Å². The maximum absolute atomic E-state index is 14.0. The third-order valence-electron chi connectivity index (χ3n) is 4.47. The van der Waals surface area contributed by atoms with Crippen LogP contribution in [0.2, 0.25) is 0 Å². The van der Waals surface area contributed by atoms with Crippen LogP contribution in [0.1, 0.15) is 23.2 Å². The van der Waals surface area contributed by atoms with E-state index in [0.717, 1.165) is 25.9 Å². The van der Waals surface area contributed by atoms with Crippen LogP contribution in [-0.4, -0.2) is 44.1 Å². The Labute approximate surface area is 117 Å². The maximum Gasteiger partial charge on any atom is 0.260 e. The Balaban J connectivity index is 1.83. The Hall–Kier alpha value is -1.62. The van der Waals surface area contributed by atoms with Crippen LogP contribution < -0.4 is 10.1 Å². The molecule has 2 heterocycles. The number of hydrogen-bond acceptors (Lipinski definition) is 3. The summed E-state index contributed by atoms with van der Waals surface area (Å²) in [7, 11) is 1.46. The lowest BCUT2D eigenvalue weighted by Gasteiger charge is -2.23. The molecule has 1 N–H and O–H groups in total. The molecule has 1 unspecified atom stereocenters. The van der Waals surface area contributed by atoms with Crippen molar-refractivity contribution in [3.05, 3.63) is 29.6 Å². The van der Waals surface area contributed by atoms with E-state index >= 15 is 0 Å². The topological polar surface area (TPSA) is 41.6 Å². The smallest absolute Gasteiger partial charge is 0.260 e.